The average Bonchev–Trinajstić information content (AvgIpc) is 3.15. The van der Waals surface area contributed by atoms with E-state index in [4.69, 9.17) is 9.47 Å². The normalized spacial score (nSPS) is 16.6. The first kappa shape index (κ1) is 25.5. The molecule has 37 heavy (non-hydrogen) atoms. The van der Waals surface area contributed by atoms with Crippen LogP contribution in [-0.4, -0.2) is 41.1 Å². The lowest BCUT2D eigenvalue weighted by Gasteiger charge is -2.26. The number of aromatic hydroxyl groups is 1. The van der Waals surface area contributed by atoms with Crippen LogP contribution in [0.3, 0.4) is 0 Å². The molecule has 0 aliphatic carbocycles. The summed E-state index contributed by atoms with van der Waals surface area (Å²) in [4.78, 5) is 40.3. The molecule has 1 aliphatic rings. The number of phenolic OH excluding ortho intramolecular Hbond substituents is 1. The standard InChI is InChI=1S/C29H27NO7/c1-4-36-23-14-11-19(15-17(23)3)26(32)24-25(18-9-12-22(31)13-10-18)30(28(34)27(24)33)21-8-6-7-20(16-21)29(35)37-5-2/h6-16,25,31-32H,4-5H2,1-3H3/b26-24+. The van der Waals surface area contributed by atoms with Crippen molar-refractivity contribution in [1.29, 1.82) is 0 Å². The molecule has 0 aromatic heterocycles. The Hall–Kier alpha value is -4.59. The third-order valence-corrected chi connectivity index (χ3v) is 6.04. The number of rotatable bonds is 7. The van der Waals surface area contributed by atoms with Gasteiger partial charge in [-0.25, -0.2) is 4.79 Å². The Kier molecular flexibility index (Phi) is 7.29. The molecule has 4 rings (SSSR count). The second kappa shape index (κ2) is 10.6. The highest BCUT2D eigenvalue weighted by Gasteiger charge is 2.47. The van der Waals surface area contributed by atoms with E-state index in [1.807, 2.05) is 13.8 Å². The number of amides is 1. The average molecular weight is 502 g/mol. The van der Waals surface area contributed by atoms with Gasteiger partial charge in [-0.2, -0.15) is 0 Å². The van der Waals surface area contributed by atoms with Crippen LogP contribution in [0.4, 0.5) is 5.69 Å². The van der Waals surface area contributed by atoms with Gasteiger partial charge in [-0.05, 0) is 80.4 Å². The highest BCUT2D eigenvalue weighted by atomic mass is 16.5. The van der Waals surface area contributed by atoms with Crippen LogP contribution in [0.5, 0.6) is 11.5 Å². The number of carbonyl (C=O) groups is 3. The fraction of sp³-hybridized carbons (Fsp3) is 0.207. The number of esters is 1. The van der Waals surface area contributed by atoms with Crippen LogP contribution >= 0.6 is 0 Å². The summed E-state index contributed by atoms with van der Waals surface area (Å²) >= 11 is 0. The van der Waals surface area contributed by atoms with Gasteiger partial charge in [0, 0.05) is 11.3 Å². The summed E-state index contributed by atoms with van der Waals surface area (Å²) in [5.41, 5.74) is 1.98. The molecule has 3 aromatic carbocycles. The second-order valence-corrected chi connectivity index (χ2v) is 8.44. The lowest BCUT2D eigenvalue weighted by atomic mass is 9.94. The third kappa shape index (κ3) is 4.91. The predicted octanol–water partition coefficient (Wildman–Crippen LogP) is 4.90. The highest BCUT2D eigenvalue weighted by molar-refractivity contribution is 6.51. The van der Waals surface area contributed by atoms with Crippen molar-refractivity contribution >= 4 is 29.1 Å². The largest absolute Gasteiger partial charge is 0.508 e. The van der Waals surface area contributed by atoms with Gasteiger partial charge in [0.15, 0.2) is 0 Å². The van der Waals surface area contributed by atoms with E-state index in [2.05, 4.69) is 0 Å². The minimum atomic E-state index is -1.01. The number of Topliss-reactive ketones (excluding diaryl/α,β-unsaturated/α-hetero) is 1. The van der Waals surface area contributed by atoms with Crippen molar-refractivity contribution in [1.82, 2.24) is 0 Å². The summed E-state index contributed by atoms with van der Waals surface area (Å²) in [6, 6.07) is 16.2. The van der Waals surface area contributed by atoms with Crippen molar-refractivity contribution in [2.45, 2.75) is 26.8 Å². The Morgan fingerprint density at radius 1 is 0.946 bits per heavy atom. The SMILES string of the molecule is CCOC(=O)c1cccc(N2C(=O)C(=O)/C(=C(/O)c3ccc(OCC)c(C)c3)C2c2ccc(O)cc2)c1. The Labute approximate surface area is 214 Å². The number of phenols is 1. The zero-order valence-electron chi connectivity index (χ0n) is 20.7. The van der Waals surface area contributed by atoms with Crippen molar-refractivity contribution in [2.75, 3.05) is 18.1 Å². The molecule has 1 unspecified atom stereocenters. The summed E-state index contributed by atoms with van der Waals surface area (Å²) in [6.07, 6.45) is 0. The van der Waals surface area contributed by atoms with E-state index in [1.165, 1.54) is 23.1 Å². The molecule has 2 N–H and O–H groups in total. The highest BCUT2D eigenvalue weighted by Crippen LogP contribution is 2.43. The van der Waals surface area contributed by atoms with E-state index in [1.54, 1.807) is 55.5 Å². The van der Waals surface area contributed by atoms with E-state index in [9.17, 15) is 24.6 Å². The minimum absolute atomic E-state index is 0.00662. The van der Waals surface area contributed by atoms with Gasteiger partial charge in [0.2, 0.25) is 0 Å². The first-order valence-corrected chi connectivity index (χ1v) is 11.9. The fourth-order valence-corrected chi connectivity index (χ4v) is 4.34. The monoisotopic (exact) mass is 501 g/mol. The molecular weight excluding hydrogens is 474 g/mol. The number of hydrogen-bond acceptors (Lipinski definition) is 7. The van der Waals surface area contributed by atoms with E-state index >= 15 is 0 Å². The molecule has 0 spiro atoms. The molecule has 1 amide bonds. The number of anilines is 1. The Balaban J connectivity index is 1.89. The van der Waals surface area contributed by atoms with Crippen molar-refractivity contribution in [3.05, 3.63) is 94.6 Å². The third-order valence-electron chi connectivity index (χ3n) is 6.04. The van der Waals surface area contributed by atoms with Crippen LogP contribution < -0.4 is 9.64 Å². The molecule has 0 bridgehead atoms. The summed E-state index contributed by atoms with van der Waals surface area (Å²) in [5, 5.41) is 21.1. The van der Waals surface area contributed by atoms with E-state index in [0.717, 1.165) is 5.56 Å². The molecule has 1 aliphatic heterocycles. The molecule has 0 radical (unpaired) electrons. The van der Waals surface area contributed by atoms with Gasteiger partial charge in [0.05, 0.1) is 30.4 Å². The van der Waals surface area contributed by atoms with Crippen molar-refractivity contribution in [2.24, 2.45) is 0 Å². The maximum Gasteiger partial charge on any atom is 0.338 e. The quantitative estimate of drug-likeness (QED) is 0.205. The van der Waals surface area contributed by atoms with E-state index in [0.29, 0.717) is 23.5 Å². The number of ether oxygens (including phenoxy) is 2. The molecule has 1 atom stereocenters. The molecule has 1 saturated heterocycles. The number of carbonyl (C=O) groups excluding carboxylic acids is 3. The molecule has 0 saturated carbocycles. The first-order valence-electron chi connectivity index (χ1n) is 11.9. The van der Waals surface area contributed by atoms with Gasteiger partial charge in [0.1, 0.15) is 17.3 Å². The van der Waals surface area contributed by atoms with Gasteiger partial charge >= 0.3 is 5.97 Å². The number of aryl methyl sites for hydroxylation is 1. The molecule has 8 heteroatoms. The lowest BCUT2D eigenvalue weighted by Crippen LogP contribution is -2.29. The Bertz CT molecular complexity index is 1390. The van der Waals surface area contributed by atoms with Gasteiger partial charge < -0.3 is 19.7 Å². The number of benzene rings is 3. The number of aliphatic hydroxyl groups excluding tert-OH is 1. The zero-order valence-corrected chi connectivity index (χ0v) is 20.7. The summed E-state index contributed by atoms with van der Waals surface area (Å²) < 4.78 is 10.6. The van der Waals surface area contributed by atoms with Gasteiger partial charge in [-0.15, -0.1) is 0 Å². The number of hydrogen-bond donors (Lipinski definition) is 2. The molecule has 1 fully saturated rings. The number of nitrogens with zero attached hydrogens (tertiary/aromatic N) is 1. The smallest absolute Gasteiger partial charge is 0.338 e. The summed E-state index contributed by atoms with van der Waals surface area (Å²) in [5.74, 6) is -1.98. The van der Waals surface area contributed by atoms with Crippen molar-refractivity contribution in [3.8, 4) is 11.5 Å². The minimum Gasteiger partial charge on any atom is -0.508 e. The topological polar surface area (TPSA) is 113 Å². The summed E-state index contributed by atoms with van der Waals surface area (Å²) in [7, 11) is 0. The van der Waals surface area contributed by atoms with E-state index in [-0.39, 0.29) is 34.9 Å². The first-order chi connectivity index (χ1) is 17.8. The van der Waals surface area contributed by atoms with Gasteiger partial charge in [-0.1, -0.05) is 18.2 Å². The predicted molar refractivity (Wildman–Crippen MR) is 138 cm³/mol. The van der Waals surface area contributed by atoms with Gasteiger partial charge in [-0.3, -0.25) is 14.5 Å². The van der Waals surface area contributed by atoms with E-state index < -0.39 is 23.7 Å². The van der Waals surface area contributed by atoms with Crippen molar-refractivity contribution in [3.63, 3.8) is 0 Å². The van der Waals surface area contributed by atoms with Crippen LogP contribution in [0.1, 0.15) is 46.9 Å². The Morgan fingerprint density at radius 2 is 1.68 bits per heavy atom. The molecule has 8 nitrogen and oxygen atoms in total. The molecule has 190 valence electrons. The number of aliphatic hydroxyl groups is 1. The van der Waals surface area contributed by atoms with Crippen LogP contribution in [-0.2, 0) is 14.3 Å². The fourth-order valence-electron chi connectivity index (χ4n) is 4.34. The lowest BCUT2D eigenvalue weighted by molar-refractivity contribution is -0.132. The molecule has 3 aromatic rings. The second-order valence-electron chi connectivity index (χ2n) is 8.44. The zero-order chi connectivity index (χ0) is 26.7. The Morgan fingerprint density at radius 3 is 2.32 bits per heavy atom. The van der Waals surface area contributed by atoms with Crippen molar-refractivity contribution < 1.29 is 34.1 Å². The molecular formula is C29H27NO7. The molecule has 1 heterocycles. The maximum atomic E-state index is 13.4. The summed E-state index contributed by atoms with van der Waals surface area (Å²) in [6.45, 7) is 6.03. The van der Waals surface area contributed by atoms with Crippen LogP contribution in [0.25, 0.3) is 5.76 Å². The number of ketones is 1. The van der Waals surface area contributed by atoms with Gasteiger partial charge in [0.25, 0.3) is 11.7 Å². The van der Waals surface area contributed by atoms with Crippen LogP contribution in [0.15, 0.2) is 72.3 Å². The van der Waals surface area contributed by atoms with Crippen LogP contribution in [0.2, 0.25) is 0 Å². The maximum absolute atomic E-state index is 13.4. The van der Waals surface area contributed by atoms with Crippen LogP contribution in [0, 0.1) is 6.92 Å².